The van der Waals surface area contributed by atoms with Gasteiger partial charge in [0.25, 0.3) is 0 Å². The topological polar surface area (TPSA) is 57.7 Å². The van der Waals surface area contributed by atoms with Crippen molar-refractivity contribution in [3.63, 3.8) is 0 Å². The number of hydrogen-bond donors (Lipinski definition) is 0. The van der Waals surface area contributed by atoms with Gasteiger partial charge in [-0.05, 0) is 55.3 Å². The summed E-state index contributed by atoms with van der Waals surface area (Å²) in [5, 5.41) is 0. The van der Waals surface area contributed by atoms with Crippen molar-refractivity contribution in [2.24, 2.45) is 0 Å². The van der Waals surface area contributed by atoms with E-state index in [1.54, 1.807) is 23.1 Å². The van der Waals surface area contributed by atoms with Crippen LogP contribution in [0, 0.1) is 25.5 Å². The number of carbonyl (C=O) groups is 1. The average molecular weight is 441 g/mol. The smallest absolute Gasteiger partial charge is 0.243 e. The highest BCUT2D eigenvalue weighted by molar-refractivity contribution is 8.00. The van der Waals surface area contributed by atoms with Gasteiger partial charge in [-0.2, -0.15) is 4.31 Å². The predicted molar refractivity (Wildman–Crippen MR) is 108 cm³/mol. The summed E-state index contributed by atoms with van der Waals surface area (Å²) >= 11 is 1.12. The largest absolute Gasteiger partial charge is 0.339 e. The number of benzene rings is 2. The van der Waals surface area contributed by atoms with Crippen molar-refractivity contribution < 1.29 is 22.0 Å². The van der Waals surface area contributed by atoms with E-state index < -0.39 is 21.7 Å². The van der Waals surface area contributed by atoms with Crippen LogP contribution in [0.4, 0.5) is 8.78 Å². The Morgan fingerprint density at radius 2 is 1.66 bits per heavy atom. The summed E-state index contributed by atoms with van der Waals surface area (Å²) in [6, 6.07) is 8.57. The van der Waals surface area contributed by atoms with Crippen LogP contribution in [-0.4, -0.2) is 55.5 Å². The molecule has 5 nitrogen and oxygen atoms in total. The second kappa shape index (κ2) is 8.81. The number of thioether (sulfide) groups is 1. The molecule has 0 spiro atoms. The molecule has 0 aromatic heterocycles. The third-order valence-electron chi connectivity index (χ3n) is 4.96. The molecule has 0 radical (unpaired) electrons. The highest BCUT2D eigenvalue weighted by atomic mass is 32.2. The quantitative estimate of drug-likeness (QED) is 0.670. The fourth-order valence-corrected chi connectivity index (χ4v) is 5.34. The van der Waals surface area contributed by atoms with Crippen molar-refractivity contribution >= 4 is 27.7 Å². The first-order chi connectivity index (χ1) is 13.7. The van der Waals surface area contributed by atoms with E-state index in [0.717, 1.165) is 35.0 Å². The number of rotatable bonds is 5. The Kier molecular flexibility index (Phi) is 6.60. The molecule has 0 N–H and O–H groups in total. The third-order valence-corrected chi connectivity index (χ3v) is 7.83. The number of carbonyl (C=O) groups excluding carboxylic acids is 1. The van der Waals surface area contributed by atoms with Gasteiger partial charge in [-0.3, -0.25) is 4.79 Å². The lowest BCUT2D eigenvalue weighted by molar-refractivity contribution is -0.129. The minimum atomic E-state index is -3.60. The minimum absolute atomic E-state index is 0.0784. The van der Waals surface area contributed by atoms with E-state index in [1.807, 2.05) is 13.8 Å². The summed E-state index contributed by atoms with van der Waals surface area (Å²) in [6.45, 7) is 4.82. The van der Waals surface area contributed by atoms with Gasteiger partial charge in [0.15, 0.2) is 11.6 Å². The molecule has 1 saturated heterocycles. The van der Waals surface area contributed by atoms with Crippen molar-refractivity contribution in [2.75, 3.05) is 31.9 Å². The summed E-state index contributed by atoms with van der Waals surface area (Å²) in [4.78, 5) is 14.7. The van der Waals surface area contributed by atoms with Gasteiger partial charge < -0.3 is 4.90 Å². The molecule has 1 fully saturated rings. The first-order valence-corrected chi connectivity index (χ1v) is 11.5. The summed E-state index contributed by atoms with van der Waals surface area (Å²) in [6.07, 6.45) is 0. The van der Waals surface area contributed by atoms with E-state index in [4.69, 9.17) is 0 Å². The SMILES string of the molecule is Cc1ccc(S(=O)(=O)N2CCN(C(=O)CSc3ccc(F)c(F)c3)CC2)cc1C. The highest BCUT2D eigenvalue weighted by Crippen LogP contribution is 2.23. The van der Waals surface area contributed by atoms with Crippen molar-refractivity contribution in [1.29, 1.82) is 0 Å². The highest BCUT2D eigenvalue weighted by Gasteiger charge is 2.30. The van der Waals surface area contributed by atoms with E-state index in [2.05, 4.69) is 0 Å². The first kappa shape index (κ1) is 21.7. The maximum Gasteiger partial charge on any atom is 0.243 e. The molecule has 29 heavy (non-hydrogen) atoms. The number of sulfonamides is 1. The number of halogens is 2. The van der Waals surface area contributed by atoms with Gasteiger partial charge in [0.2, 0.25) is 15.9 Å². The predicted octanol–water partition coefficient (Wildman–Crippen LogP) is 3.21. The van der Waals surface area contributed by atoms with Crippen LogP contribution in [0.25, 0.3) is 0 Å². The summed E-state index contributed by atoms with van der Waals surface area (Å²) in [5.41, 5.74) is 1.94. The van der Waals surface area contributed by atoms with Gasteiger partial charge in [0.05, 0.1) is 10.6 Å². The molecule has 1 amide bonds. The number of piperazine rings is 1. The maximum atomic E-state index is 13.3. The van der Waals surface area contributed by atoms with Gasteiger partial charge in [0, 0.05) is 31.1 Å². The average Bonchev–Trinajstić information content (AvgIpc) is 2.70. The lowest BCUT2D eigenvalue weighted by Crippen LogP contribution is -2.50. The fraction of sp³-hybridized carbons (Fsp3) is 0.350. The molecular weight excluding hydrogens is 418 g/mol. The van der Waals surface area contributed by atoms with E-state index in [9.17, 15) is 22.0 Å². The summed E-state index contributed by atoms with van der Waals surface area (Å²) in [7, 11) is -3.60. The van der Waals surface area contributed by atoms with Crippen LogP contribution in [0.3, 0.4) is 0 Å². The fourth-order valence-electron chi connectivity index (χ4n) is 3.00. The Bertz CT molecular complexity index is 1020. The normalized spacial score (nSPS) is 15.5. The van der Waals surface area contributed by atoms with Crippen LogP contribution in [0.1, 0.15) is 11.1 Å². The Morgan fingerprint density at radius 3 is 2.28 bits per heavy atom. The molecule has 0 aliphatic carbocycles. The van der Waals surface area contributed by atoms with Crippen LogP contribution in [0.5, 0.6) is 0 Å². The van der Waals surface area contributed by atoms with Crippen LogP contribution < -0.4 is 0 Å². The lowest BCUT2D eigenvalue weighted by atomic mass is 10.1. The van der Waals surface area contributed by atoms with Crippen molar-refractivity contribution in [2.45, 2.75) is 23.6 Å². The number of nitrogens with zero attached hydrogens (tertiary/aromatic N) is 2. The van der Waals surface area contributed by atoms with Gasteiger partial charge >= 0.3 is 0 Å². The van der Waals surface area contributed by atoms with Gasteiger partial charge in [-0.15, -0.1) is 11.8 Å². The molecule has 3 rings (SSSR count). The van der Waals surface area contributed by atoms with Gasteiger partial charge in [-0.25, -0.2) is 17.2 Å². The molecule has 2 aromatic rings. The second-order valence-electron chi connectivity index (χ2n) is 6.90. The van der Waals surface area contributed by atoms with Crippen molar-refractivity contribution in [3.05, 3.63) is 59.2 Å². The molecule has 0 bridgehead atoms. The first-order valence-electron chi connectivity index (χ1n) is 9.11. The Hall–Kier alpha value is -1.97. The van der Waals surface area contributed by atoms with E-state index in [0.29, 0.717) is 18.0 Å². The molecular formula is C20H22F2N2O3S2. The van der Waals surface area contributed by atoms with E-state index in [1.165, 1.54) is 10.4 Å². The molecule has 1 aliphatic heterocycles. The Labute approximate surface area is 173 Å². The third kappa shape index (κ3) is 4.96. The Balaban J connectivity index is 1.57. The number of hydrogen-bond acceptors (Lipinski definition) is 4. The molecule has 0 atom stereocenters. The zero-order valence-corrected chi connectivity index (χ0v) is 17.8. The molecule has 1 aliphatic rings. The van der Waals surface area contributed by atoms with Crippen LogP contribution >= 0.6 is 11.8 Å². The molecule has 9 heteroatoms. The van der Waals surface area contributed by atoms with Crippen LogP contribution in [-0.2, 0) is 14.8 Å². The summed E-state index contributed by atoms with van der Waals surface area (Å²) < 4.78 is 53.3. The number of aryl methyl sites for hydroxylation is 2. The van der Waals surface area contributed by atoms with Gasteiger partial charge in [-0.1, -0.05) is 6.07 Å². The maximum absolute atomic E-state index is 13.3. The van der Waals surface area contributed by atoms with Gasteiger partial charge in [0.1, 0.15) is 0 Å². The number of amides is 1. The molecule has 2 aromatic carbocycles. The molecule has 156 valence electrons. The minimum Gasteiger partial charge on any atom is -0.339 e. The van der Waals surface area contributed by atoms with Crippen molar-refractivity contribution in [3.8, 4) is 0 Å². The monoisotopic (exact) mass is 440 g/mol. The Morgan fingerprint density at radius 1 is 0.966 bits per heavy atom. The van der Waals surface area contributed by atoms with Crippen LogP contribution in [0.15, 0.2) is 46.2 Å². The van der Waals surface area contributed by atoms with E-state index >= 15 is 0 Å². The standard InChI is InChI=1S/C20H22F2N2O3S2/c1-14-3-5-17(11-15(14)2)29(26,27)24-9-7-23(8-10-24)20(25)13-28-16-4-6-18(21)19(22)12-16/h3-6,11-12H,7-10,13H2,1-2H3. The zero-order chi connectivity index (χ0) is 21.2. The zero-order valence-electron chi connectivity index (χ0n) is 16.2. The molecule has 1 heterocycles. The van der Waals surface area contributed by atoms with E-state index in [-0.39, 0.29) is 29.6 Å². The summed E-state index contributed by atoms with van der Waals surface area (Å²) in [5.74, 6) is -1.97. The molecule has 0 saturated carbocycles. The lowest BCUT2D eigenvalue weighted by Gasteiger charge is -2.34. The second-order valence-corrected chi connectivity index (χ2v) is 9.88. The molecule has 0 unspecified atom stereocenters. The van der Waals surface area contributed by atoms with Crippen LogP contribution in [0.2, 0.25) is 0 Å². The van der Waals surface area contributed by atoms with Crippen molar-refractivity contribution in [1.82, 2.24) is 9.21 Å².